The molecule has 0 saturated carbocycles. The molecule has 1 aromatic carbocycles. The lowest BCUT2D eigenvalue weighted by Gasteiger charge is -2.19. The van der Waals surface area contributed by atoms with Crippen molar-refractivity contribution in [3.05, 3.63) is 63.6 Å². The molecule has 0 unspecified atom stereocenters. The highest BCUT2D eigenvalue weighted by molar-refractivity contribution is 5.99. The minimum absolute atomic E-state index is 0.0765. The van der Waals surface area contributed by atoms with E-state index in [0.29, 0.717) is 17.8 Å². The summed E-state index contributed by atoms with van der Waals surface area (Å²) in [6.07, 6.45) is -4.15. The first-order valence-electron chi connectivity index (χ1n) is 8.36. The summed E-state index contributed by atoms with van der Waals surface area (Å²) in [6, 6.07) is 7.37. The van der Waals surface area contributed by atoms with Crippen LogP contribution in [-0.2, 0) is 16.4 Å². The predicted molar refractivity (Wildman–Crippen MR) is 98.2 cm³/mol. The Labute approximate surface area is 159 Å². The van der Waals surface area contributed by atoms with Crippen LogP contribution in [0.25, 0.3) is 0 Å². The number of pyridine rings is 1. The maximum Gasteiger partial charge on any atom is 0.417 e. The second-order valence-electron chi connectivity index (χ2n) is 7.19. The topological polar surface area (TPSA) is 91.1 Å². The second kappa shape index (κ2) is 7.87. The van der Waals surface area contributed by atoms with Crippen molar-refractivity contribution < 1.29 is 22.8 Å². The molecule has 1 heterocycles. The number of nitrogens with one attached hydrogen (secondary N) is 3. The van der Waals surface area contributed by atoms with Crippen LogP contribution < -0.4 is 16.2 Å². The largest absolute Gasteiger partial charge is 0.417 e. The number of alkyl halides is 3. The number of aromatic amines is 1. The molecule has 0 aliphatic heterocycles. The van der Waals surface area contributed by atoms with Gasteiger partial charge in [0.25, 0.3) is 11.5 Å². The number of hydrogen-bond acceptors (Lipinski definition) is 3. The Kier molecular flexibility index (Phi) is 5.96. The first-order chi connectivity index (χ1) is 12.9. The zero-order valence-electron chi connectivity index (χ0n) is 15.5. The van der Waals surface area contributed by atoms with E-state index in [0.717, 1.165) is 5.56 Å². The number of carbonyl (C=O) groups excluding carboxylic acids is 2. The van der Waals surface area contributed by atoms with Gasteiger partial charge in [0.2, 0.25) is 5.91 Å². The summed E-state index contributed by atoms with van der Waals surface area (Å²) in [6.45, 7) is 5.58. The Morgan fingerprint density at radius 2 is 1.64 bits per heavy atom. The van der Waals surface area contributed by atoms with Crippen LogP contribution in [-0.4, -0.2) is 23.3 Å². The highest BCUT2D eigenvalue weighted by atomic mass is 19.4. The number of hydrogen-bond donors (Lipinski definition) is 3. The van der Waals surface area contributed by atoms with Crippen LogP contribution in [0, 0.1) is 0 Å². The third-order valence-corrected chi connectivity index (χ3v) is 3.93. The maximum absolute atomic E-state index is 12.7. The Balaban J connectivity index is 1.99. The molecule has 0 spiro atoms. The van der Waals surface area contributed by atoms with Gasteiger partial charge in [0.05, 0.1) is 12.1 Å². The van der Waals surface area contributed by atoms with Crippen molar-refractivity contribution in [2.75, 3.05) is 11.9 Å². The molecule has 28 heavy (non-hydrogen) atoms. The lowest BCUT2D eigenvalue weighted by atomic mass is 9.87. The van der Waals surface area contributed by atoms with Gasteiger partial charge in [-0.15, -0.1) is 0 Å². The van der Waals surface area contributed by atoms with Gasteiger partial charge in [-0.05, 0) is 29.2 Å². The van der Waals surface area contributed by atoms with Crippen LogP contribution in [0.1, 0.15) is 42.3 Å². The van der Waals surface area contributed by atoms with Gasteiger partial charge in [-0.1, -0.05) is 32.9 Å². The first-order valence-corrected chi connectivity index (χ1v) is 8.36. The number of anilines is 1. The average Bonchev–Trinajstić information content (AvgIpc) is 2.60. The predicted octanol–water partition coefficient (Wildman–Crippen LogP) is 3.06. The van der Waals surface area contributed by atoms with E-state index in [1.807, 2.05) is 25.8 Å². The minimum Gasteiger partial charge on any atom is -0.343 e. The number of amides is 2. The molecule has 0 fully saturated rings. The summed E-state index contributed by atoms with van der Waals surface area (Å²) in [5, 5.41) is 4.42. The molecule has 2 aromatic rings. The normalized spacial score (nSPS) is 11.8. The molecule has 0 saturated heterocycles. The van der Waals surface area contributed by atoms with Crippen molar-refractivity contribution in [1.82, 2.24) is 10.3 Å². The summed E-state index contributed by atoms with van der Waals surface area (Å²) in [7, 11) is 0. The van der Waals surface area contributed by atoms with E-state index >= 15 is 0 Å². The molecule has 0 bridgehead atoms. The molecular weight excluding hydrogens is 375 g/mol. The molecule has 0 atom stereocenters. The zero-order chi connectivity index (χ0) is 21.1. The molecule has 6 nitrogen and oxygen atoms in total. The van der Waals surface area contributed by atoms with Crippen LogP contribution in [0.15, 0.2) is 41.3 Å². The van der Waals surface area contributed by atoms with Crippen LogP contribution in [0.4, 0.5) is 18.9 Å². The fourth-order valence-electron chi connectivity index (χ4n) is 2.32. The van der Waals surface area contributed by atoms with Crippen LogP contribution in [0.3, 0.4) is 0 Å². The molecule has 0 aliphatic carbocycles. The monoisotopic (exact) mass is 395 g/mol. The van der Waals surface area contributed by atoms with E-state index in [4.69, 9.17) is 0 Å². The zero-order valence-corrected chi connectivity index (χ0v) is 15.5. The SMILES string of the molecule is CC(C)(C)c1ccc(C(=O)NCC(=O)Nc2cc(C(F)(F)F)c[nH]c2=O)cc1. The minimum atomic E-state index is -4.67. The Hall–Kier alpha value is -3.10. The molecule has 2 amide bonds. The van der Waals surface area contributed by atoms with Crippen molar-refractivity contribution in [1.29, 1.82) is 0 Å². The number of rotatable bonds is 4. The van der Waals surface area contributed by atoms with E-state index < -0.39 is 41.3 Å². The van der Waals surface area contributed by atoms with Gasteiger partial charge < -0.3 is 15.6 Å². The van der Waals surface area contributed by atoms with Crippen molar-refractivity contribution >= 4 is 17.5 Å². The Morgan fingerprint density at radius 3 is 2.18 bits per heavy atom. The summed E-state index contributed by atoms with van der Waals surface area (Å²) in [5.41, 5.74) is -1.25. The summed E-state index contributed by atoms with van der Waals surface area (Å²) in [5.74, 6) is -1.35. The number of aromatic nitrogens is 1. The molecule has 1 aromatic heterocycles. The summed E-state index contributed by atoms with van der Waals surface area (Å²) in [4.78, 5) is 37.5. The Morgan fingerprint density at radius 1 is 1.04 bits per heavy atom. The fraction of sp³-hybridized carbons (Fsp3) is 0.316. The molecule has 0 aliphatic rings. The van der Waals surface area contributed by atoms with Crippen molar-refractivity contribution in [2.45, 2.75) is 32.4 Å². The Bertz CT molecular complexity index is 926. The summed E-state index contributed by atoms with van der Waals surface area (Å²) >= 11 is 0. The quantitative estimate of drug-likeness (QED) is 0.743. The summed E-state index contributed by atoms with van der Waals surface area (Å²) < 4.78 is 38.1. The van der Waals surface area contributed by atoms with E-state index in [1.165, 1.54) is 0 Å². The number of carbonyl (C=O) groups is 2. The first kappa shape index (κ1) is 21.2. The van der Waals surface area contributed by atoms with Crippen molar-refractivity contribution in [3.8, 4) is 0 Å². The lowest BCUT2D eigenvalue weighted by molar-refractivity contribution is -0.137. The standard InChI is InChI=1S/C19H20F3N3O3/c1-18(2,3)12-6-4-11(5-7-12)16(27)24-10-15(26)25-14-8-13(19(20,21)22)9-23-17(14)28/h4-9H,10H2,1-3H3,(H,23,28)(H,24,27)(H,25,26). The van der Waals surface area contributed by atoms with Gasteiger partial charge in [-0.25, -0.2) is 0 Å². The van der Waals surface area contributed by atoms with Crippen LogP contribution in [0.2, 0.25) is 0 Å². The number of H-pyrrole nitrogens is 1. The van der Waals surface area contributed by atoms with E-state index in [1.54, 1.807) is 24.3 Å². The average molecular weight is 395 g/mol. The third-order valence-electron chi connectivity index (χ3n) is 3.93. The van der Waals surface area contributed by atoms with Gasteiger partial charge >= 0.3 is 6.18 Å². The van der Waals surface area contributed by atoms with E-state index in [-0.39, 0.29) is 5.41 Å². The van der Waals surface area contributed by atoms with Gasteiger partial charge in [0, 0.05) is 11.8 Å². The van der Waals surface area contributed by atoms with Gasteiger partial charge in [-0.3, -0.25) is 14.4 Å². The maximum atomic E-state index is 12.7. The molecule has 0 radical (unpaired) electrons. The van der Waals surface area contributed by atoms with Gasteiger partial charge in [0.1, 0.15) is 5.69 Å². The molecule has 9 heteroatoms. The molecule has 150 valence electrons. The molecular formula is C19H20F3N3O3. The highest BCUT2D eigenvalue weighted by Crippen LogP contribution is 2.29. The van der Waals surface area contributed by atoms with Gasteiger partial charge in [0.15, 0.2) is 0 Å². The third kappa shape index (κ3) is 5.45. The van der Waals surface area contributed by atoms with Crippen molar-refractivity contribution in [3.63, 3.8) is 0 Å². The number of halogens is 3. The highest BCUT2D eigenvalue weighted by Gasteiger charge is 2.31. The smallest absolute Gasteiger partial charge is 0.343 e. The van der Waals surface area contributed by atoms with E-state index in [2.05, 4.69) is 10.6 Å². The number of benzene rings is 1. The van der Waals surface area contributed by atoms with Crippen LogP contribution >= 0.6 is 0 Å². The van der Waals surface area contributed by atoms with Crippen molar-refractivity contribution in [2.24, 2.45) is 0 Å². The molecule has 2 rings (SSSR count). The van der Waals surface area contributed by atoms with E-state index in [9.17, 15) is 27.6 Å². The lowest BCUT2D eigenvalue weighted by Crippen LogP contribution is -2.34. The van der Waals surface area contributed by atoms with Gasteiger partial charge in [-0.2, -0.15) is 13.2 Å². The van der Waals surface area contributed by atoms with Crippen LogP contribution in [0.5, 0.6) is 0 Å². The molecule has 3 N–H and O–H groups in total. The second-order valence-corrected chi connectivity index (χ2v) is 7.19. The fourth-order valence-corrected chi connectivity index (χ4v) is 2.32.